The second-order valence-electron chi connectivity index (χ2n) is 8.31. The van der Waals surface area contributed by atoms with Crippen molar-refractivity contribution in [3.05, 3.63) is 81.3 Å². The van der Waals surface area contributed by atoms with E-state index in [1.807, 2.05) is 24.5 Å². The maximum absolute atomic E-state index is 13.0. The number of amides is 1. The highest BCUT2D eigenvalue weighted by atomic mass is 32.1. The van der Waals surface area contributed by atoms with Gasteiger partial charge >= 0.3 is 0 Å². The Morgan fingerprint density at radius 1 is 1.44 bits per heavy atom. The highest BCUT2D eigenvalue weighted by Crippen LogP contribution is 2.32. The molecule has 0 spiro atoms. The van der Waals surface area contributed by atoms with Crippen LogP contribution in [0.15, 0.2) is 64.5 Å². The van der Waals surface area contributed by atoms with Crippen molar-refractivity contribution in [2.45, 2.75) is 46.1 Å². The van der Waals surface area contributed by atoms with Crippen molar-refractivity contribution in [3.8, 4) is 10.6 Å². The second-order valence-corrected chi connectivity index (χ2v) is 9.17. The Kier molecular flexibility index (Phi) is 8.96. The van der Waals surface area contributed by atoms with Gasteiger partial charge in [0.1, 0.15) is 5.01 Å². The van der Waals surface area contributed by atoms with Crippen LogP contribution in [-0.2, 0) is 4.74 Å². The summed E-state index contributed by atoms with van der Waals surface area (Å²) in [4.78, 5) is 34.9. The van der Waals surface area contributed by atoms with Crippen LogP contribution in [-0.4, -0.2) is 47.1 Å². The Morgan fingerprint density at radius 2 is 2.24 bits per heavy atom. The summed E-state index contributed by atoms with van der Waals surface area (Å²) in [6.07, 6.45) is 12.2. The fourth-order valence-electron chi connectivity index (χ4n) is 4.15. The summed E-state index contributed by atoms with van der Waals surface area (Å²) in [5.74, 6) is -0.113. The molecule has 1 fully saturated rings. The normalized spacial score (nSPS) is 17.4. The third-order valence-corrected chi connectivity index (χ3v) is 6.86. The fourth-order valence-corrected chi connectivity index (χ4v) is 4.98. The van der Waals surface area contributed by atoms with Gasteiger partial charge in [-0.3, -0.25) is 9.59 Å². The number of ether oxygens (including phenoxy) is 1. The number of rotatable bonds is 9. The first-order valence-corrected chi connectivity index (χ1v) is 12.5. The van der Waals surface area contributed by atoms with Crippen molar-refractivity contribution < 1.29 is 9.53 Å². The van der Waals surface area contributed by atoms with Crippen molar-refractivity contribution in [1.82, 2.24) is 14.9 Å². The number of pyridine rings is 1. The number of likely N-dealkylation sites (tertiary alicyclic amines) is 1. The SMILES string of the molecule is C=C\C=C/C(=C(\C)CCC)C(=C\C)/c1csc(-c2cc(C(=O)N3CCC(OC)C3)c[nH]c2=O)n1. The van der Waals surface area contributed by atoms with Crippen LogP contribution >= 0.6 is 11.3 Å². The Bertz CT molecular complexity index is 1190. The van der Waals surface area contributed by atoms with Gasteiger partial charge in [-0.1, -0.05) is 49.8 Å². The zero-order valence-electron chi connectivity index (χ0n) is 20.4. The van der Waals surface area contributed by atoms with Gasteiger partial charge in [-0.2, -0.15) is 0 Å². The molecule has 1 saturated heterocycles. The first-order valence-electron chi connectivity index (χ1n) is 11.6. The Balaban J connectivity index is 1.95. The Labute approximate surface area is 205 Å². The number of hydrogen-bond donors (Lipinski definition) is 1. The zero-order chi connectivity index (χ0) is 24.7. The summed E-state index contributed by atoms with van der Waals surface area (Å²) >= 11 is 1.40. The maximum atomic E-state index is 13.0. The largest absolute Gasteiger partial charge is 0.380 e. The van der Waals surface area contributed by atoms with Gasteiger partial charge in [0.15, 0.2) is 0 Å². The van der Waals surface area contributed by atoms with E-state index in [2.05, 4.69) is 31.5 Å². The summed E-state index contributed by atoms with van der Waals surface area (Å²) < 4.78 is 5.37. The average Bonchev–Trinajstić information content (AvgIpc) is 3.52. The smallest absolute Gasteiger partial charge is 0.258 e. The average molecular weight is 480 g/mol. The van der Waals surface area contributed by atoms with E-state index in [0.29, 0.717) is 29.2 Å². The molecule has 0 saturated carbocycles. The molecule has 1 aliphatic heterocycles. The van der Waals surface area contributed by atoms with E-state index in [1.54, 1.807) is 24.2 Å². The summed E-state index contributed by atoms with van der Waals surface area (Å²) in [6, 6.07) is 1.65. The lowest BCUT2D eigenvalue weighted by atomic mass is 9.95. The Hall–Kier alpha value is -3.03. The van der Waals surface area contributed by atoms with E-state index < -0.39 is 0 Å². The molecule has 1 amide bonds. The highest BCUT2D eigenvalue weighted by Gasteiger charge is 2.27. The highest BCUT2D eigenvalue weighted by molar-refractivity contribution is 7.13. The summed E-state index contributed by atoms with van der Waals surface area (Å²) in [5.41, 5.74) is 4.78. The molecule has 6 nitrogen and oxygen atoms in total. The van der Waals surface area contributed by atoms with Gasteiger partial charge in [-0.25, -0.2) is 4.98 Å². The molecule has 1 aliphatic rings. The molecule has 2 aromatic heterocycles. The summed E-state index contributed by atoms with van der Waals surface area (Å²) in [6.45, 7) is 11.3. The van der Waals surface area contributed by atoms with Crippen LogP contribution in [0.3, 0.4) is 0 Å². The van der Waals surface area contributed by atoms with Crippen LogP contribution in [0.2, 0.25) is 0 Å². The molecule has 0 bridgehead atoms. The van der Waals surface area contributed by atoms with Crippen molar-refractivity contribution in [2.24, 2.45) is 0 Å². The van der Waals surface area contributed by atoms with E-state index in [0.717, 1.165) is 36.1 Å². The zero-order valence-corrected chi connectivity index (χ0v) is 21.2. The van der Waals surface area contributed by atoms with Gasteiger partial charge in [0.05, 0.1) is 22.9 Å². The van der Waals surface area contributed by atoms with Gasteiger partial charge < -0.3 is 14.6 Å². The first kappa shape index (κ1) is 25.6. The van der Waals surface area contributed by atoms with Crippen LogP contribution in [0.25, 0.3) is 16.1 Å². The topological polar surface area (TPSA) is 75.3 Å². The minimum absolute atomic E-state index is 0.0560. The van der Waals surface area contributed by atoms with Crippen molar-refractivity contribution in [2.75, 3.05) is 20.2 Å². The van der Waals surface area contributed by atoms with Gasteiger partial charge in [0.2, 0.25) is 0 Å². The molecular weight excluding hydrogens is 446 g/mol. The Morgan fingerprint density at radius 3 is 2.88 bits per heavy atom. The van der Waals surface area contributed by atoms with Crippen LogP contribution < -0.4 is 5.56 Å². The molecule has 1 unspecified atom stereocenters. The van der Waals surface area contributed by atoms with E-state index in [4.69, 9.17) is 9.72 Å². The van der Waals surface area contributed by atoms with Crippen LogP contribution in [0, 0.1) is 0 Å². The summed E-state index contributed by atoms with van der Waals surface area (Å²) in [7, 11) is 1.66. The molecule has 0 aliphatic carbocycles. The van der Waals surface area contributed by atoms with E-state index in [9.17, 15) is 9.59 Å². The minimum Gasteiger partial charge on any atom is -0.380 e. The van der Waals surface area contributed by atoms with Crippen molar-refractivity contribution in [3.63, 3.8) is 0 Å². The van der Waals surface area contributed by atoms with E-state index >= 15 is 0 Å². The number of allylic oxidation sites excluding steroid dienone is 7. The molecule has 3 heterocycles. The molecule has 7 heteroatoms. The minimum atomic E-state index is -0.264. The molecular formula is C27H33N3O3S. The summed E-state index contributed by atoms with van der Waals surface area (Å²) in [5, 5.41) is 2.55. The molecule has 0 aromatic carbocycles. The predicted molar refractivity (Wildman–Crippen MR) is 140 cm³/mol. The molecule has 1 atom stereocenters. The third-order valence-electron chi connectivity index (χ3n) is 5.99. The van der Waals surface area contributed by atoms with Crippen LogP contribution in [0.1, 0.15) is 56.1 Å². The molecule has 0 radical (unpaired) electrons. The van der Waals surface area contributed by atoms with Gasteiger partial charge in [-0.15, -0.1) is 11.3 Å². The number of carbonyl (C=O) groups excluding carboxylic acids is 1. The lowest BCUT2D eigenvalue weighted by Gasteiger charge is -2.16. The van der Waals surface area contributed by atoms with E-state index in [-0.39, 0.29) is 17.6 Å². The van der Waals surface area contributed by atoms with Gasteiger partial charge in [0, 0.05) is 37.3 Å². The molecule has 34 heavy (non-hydrogen) atoms. The van der Waals surface area contributed by atoms with Gasteiger partial charge in [-0.05, 0) is 38.3 Å². The van der Waals surface area contributed by atoms with Crippen LogP contribution in [0.5, 0.6) is 0 Å². The number of thiazole rings is 1. The lowest BCUT2D eigenvalue weighted by molar-refractivity contribution is 0.0724. The van der Waals surface area contributed by atoms with Gasteiger partial charge in [0.25, 0.3) is 11.5 Å². The number of aromatic nitrogens is 2. The number of aromatic amines is 1. The standard InChI is InChI=1S/C27H33N3O3S/c1-6-9-11-22(18(4)10-7-2)21(8-3)24-17-34-26(29-24)23-14-19(15-28-25(23)31)27(32)30-13-12-20(16-30)33-5/h6,8-9,11,14-15,17,20H,1,7,10,12-13,16H2,2-5H3,(H,28,31)/b11-9-,21-8+,22-18-. The quantitative estimate of drug-likeness (QED) is 0.474. The number of methoxy groups -OCH3 is 1. The number of H-pyrrole nitrogens is 1. The molecule has 180 valence electrons. The maximum Gasteiger partial charge on any atom is 0.258 e. The third kappa shape index (κ3) is 5.72. The van der Waals surface area contributed by atoms with Crippen LogP contribution in [0.4, 0.5) is 0 Å². The number of carbonyl (C=O) groups is 1. The monoisotopic (exact) mass is 479 g/mol. The molecule has 3 rings (SSSR count). The number of hydrogen-bond acceptors (Lipinski definition) is 5. The number of nitrogens with zero attached hydrogens (tertiary/aromatic N) is 2. The lowest BCUT2D eigenvalue weighted by Crippen LogP contribution is -2.30. The predicted octanol–water partition coefficient (Wildman–Crippen LogP) is 5.62. The second kappa shape index (κ2) is 11.9. The van der Waals surface area contributed by atoms with E-state index in [1.165, 1.54) is 23.1 Å². The van der Waals surface area contributed by atoms with Crippen molar-refractivity contribution in [1.29, 1.82) is 0 Å². The first-order chi connectivity index (χ1) is 16.4. The molecule has 1 N–H and O–H groups in total. The molecule has 2 aromatic rings. The van der Waals surface area contributed by atoms with Crippen molar-refractivity contribution >= 4 is 22.8 Å². The number of nitrogens with one attached hydrogen (secondary N) is 1. The fraction of sp³-hybridized carbons (Fsp3) is 0.370.